The van der Waals surface area contributed by atoms with Crippen molar-refractivity contribution in [2.24, 2.45) is 0 Å². The van der Waals surface area contributed by atoms with E-state index in [0.29, 0.717) is 17.7 Å². The minimum atomic E-state index is -0.779. The molecule has 0 saturated carbocycles. The van der Waals surface area contributed by atoms with Gasteiger partial charge in [0, 0.05) is 23.1 Å². The maximum Gasteiger partial charge on any atom is 0.163 e. The van der Waals surface area contributed by atoms with E-state index in [0.717, 1.165) is 11.3 Å². The summed E-state index contributed by atoms with van der Waals surface area (Å²) in [4.78, 5) is 0. The number of benzene rings is 2. The molecule has 21 heavy (non-hydrogen) atoms. The number of aryl methyl sites for hydroxylation is 1. The number of likely N-dealkylation sites (N-methyl/N-ethyl adjacent to an activating group) is 1. The molecule has 2 unspecified atom stereocenters. The zero-order valence-corrected chi connectivity index (χ0v) is 12.0. The van der Waals surface area contributed by atoms with E-state index in [4.69, 9.17) is 4.74 Å². The zero-order chi connectivity index (χ0) is 15.0. The summed E-state index contributed by atoms with van der Waals surface area (Å²) >= 11 is 0. The third-order valence-corrected chi connectivity index (χ3v) is 4.09. The highest BCUT2D eigenvalue weighted by molar-refractivity contribution is 5.42. The molecule has 0 saturated heterocycles. The Morgan fingerprint density at radius 3 is 2.67 bits per heavy atom. The number of ether oxygens (including phenoxy) is 1. The average Bonchev–Trinajstić information content (AvgIpc) is 2.92. The standard InChI is InChI=1S/C17H17F2NO/c1-10-7-8-12(16(19)15(10)18)17(20-2)13-9-21-14-6-4-3-5-11(13)14/h3-8,13,17,20H,9H2,1-2H3. The van der Waals surface area contributed by atoms with Crippen LogP contribution in [0.2, 0.25) is 0 Å². The summed E-state index contributed by atoms with van der Waals surface area (Å²) in [5.41, 5.74) is 1.68. The first-order valence-electron chi connectivity index (χ1n) is 6.97. The monoisotopic (exact) mass is 289 g/mol. The molecular formula is C17H17F2NO. The summed E-state index contributed by atoms with van der Waals surface area (Å²) in [7, 11) is 1.75. The Morgan fingerprint density at radius 2 is 1.90 bits per heavy atom. The van der Waals surface area contributed by atoms with Crippen LogP contribution in [0.25, 0.3) is 0 Å². The lowest BCUT2D eigenvalue weighted by atomic mass is 9.88. The van der Waals surface area contributed by atoms with Gasteiger partial charge in [-0.1, -0.05) is 30.3 Å². The van der Waals surface area contributed by atoms with Crippen molar-refractivity contribution in [3.8, 4) is 5.75 Å². The van der Waals surface area contributed by atoms with Crippen LogP contribution in [0.15, 0.2) is 36.4 Å². The van der Waals surface area contributed by atoms with Gasteiger partial charge in [0.15, 0.2) is 11.6 Å². The van der Waals surface area contributed by atoms with Gasteiger partial charge in [-0.3, -0.25) is 0 Å². The average molecular weight is 289 g/mol. The molecule has 0 fully saturated rings. The van der Waals surface area contributed by atoms with Crippen LogP contribution in [0.3, 0.4) is 0 Å². The van der Waals surface area contributed by atoms with Gasteiger partial charge in [-0.25, -0.2) is 8.78 Å². The van der Waals surface area contributed by atoms with Crippen molar-refractivity contribution in [3.05, 3.63) is 64.7 Å². The van der Waals surface area contributed by atoms with E-state index >= 15 is 0 Å². The lowest BCUT2D eigenvalue weighted by Gasteiger charge is -2.23. The van der Waals surface area contributed by atoms with Gasteiger partial charge < -0.3 is 10.1 Å². The van der Waals surface area contributed by atoms with Gasteiger partial charge in [-0.2, -0.15) is 0 Å². The fraction of sp³-hybridized carbons (Fsp3) is 0.294. The summed E-state index contributed by atoms with van der Waals surface area (Å²) in [6.07, 6.45) is 0. The lowest BCUT2D eigenvalue weighted by Crippen LogP contribution is -2.26. The number of halogens is 2. The van der Waals surface area contributed by atoms with Crippen molar-refractivity contribution < 1.29 is 13.5 Å². The molecule has 2 atom stereocenters. The van der Waals surface area contributed by atoms with Gasteiger partial charge in [-0.15, -0.1) is 0 Å². The Labute approximate surface area is 122 Å². The van der Waals surface area contributed by atoms with Gasteiger partial charge in [0.1, 0.15) is 5.75 Å². The number of fused-ring (bicyclic) bond motifs is 1. The smallest absolute Gasteiger partial charge is 0.163 e. The molecule has 0 radical (unpaired) electrons. The molecule has 1 heterocycles. The van der Waals surface area contributed by atoms with E-state index in [9.17, 15) is 8.78 Å². The molecule has 3 rings (SSSR count). The first-order valence-corrected chi connectivity index (χ1v) is 6.97. The number of hydrogen-bond acceptors (Lipinski definition) is 2. The molecule has 0 aromatic heterocycles. The van der Waals surface area contributed by atoms with E-state index in [-0.39, 0.29) is 12.0 Å². The van der Waals surface area contributed by atoms with Crippen molar-refractivity contribution in [1.29, 1.82) is 0 Å². The third-order valence-electron chi connectivity index (χ3n) is 4.09. The van der Waals surface area contributed by atoms with Gasteiger partial charge in [0.25, 0.3) is 0 Å². The minimum absolute atomic E-state index is 0.0391. The molecule has 1 N–H and O–H groups in total. The first-order chi connectivity index (χ1) is 10.1. The molecule has 1 aliphatic rings. The summed E-state index contributed by atoms with van der Waals surface area (Å²) in [5.74, 6) is -0.780. The summed E-state index contributed by atoms with van der Waals surface area (Å²) < 4.78 is 33.8. The topological polar surface area (TPSA) is 21.3 Å². The maximum absolute atomic E-state index is 14.3. The lowest BCUT2D eigenvalue weighted by molar-refractivity contribution is 0.301. The van der Waals surface area contributed by atoms with Crippen LogP contribution in [-0.2, 0) is 0 Å². The molecule has 110 valence electrons. The van der Waals surface area contributed by atoms with E-state index in [1.165, 1.54) is 0 Å². The molecule has 4 heteroatoms. The second kappa shape index (κ2) is 5.45. The van der Waals surface area contributed by atoms with Crippen LogP contribution in [0, 0.1) is 18.6 Å². The second-order valence-electron chi connectivity index (χ2n) is 5.32. The Morgan fingerprint density at radius 1 is 1.14 bits per heavy atom. The highest BCUT2D eigenvalue weighted by atomic mass is 19.2. The highest BCUT2D eigenvalue weighted by Crippen LogP contribution is 2.41. The molecule has 0 bridgehead atoms. The quantitative estimate of drug-likeness (QED) is 0.930. The largest absolute Gasteiger partial charge is 0.493 e. The molecule has 1 aliphatic heterocycles. The van der Waals surface area contributed by atoms with Crippen LogP contribution in [0.4, 0.5) is 8.78 Å². The molecule has 2 nitrogen and oxygen atoms in total. The van der Waals surface area contributed by atoms with Gasteiger partial charge in [0.05, 0.1) is 6.61 Å². The molecule has 0 amide bonds. The fourth-order valence-electron chi connectivity index (χ4n) is 2.94. The minimum Gasteiger partial charge on any atom is -0.493 e. The van der Waals surface area contributed by atoms with E-state index in [1.54, 1.807) is 26.1 Å². The molecular weight excluding hydrogens is 272 g/mol. The Hall–Kier alpha value is -1.94. The van der Waals surface area contributed by atoms with Crippen molar-refractivity contribution in [1.82, 2.24) is 5.32 Å². The van der Waals surface area contributed by atoms with Crippen LogP contribution in [0.1, 0.15) is 28.7 Å². The molecule has 0 spiro atoms. The Bertz CT molecular complexity index is 672. The van der Waals surface area contributed by atoms with Crippen molar-refractivity contribution in [2.75, 3.05) is 13.7 Å². The number of rotatable bonds is 3. The maximum atomic E-state index is 14.3. The van der Waals surface area contributed by atoms with Crippen molar-refractivity contribution in [2.45, 2.75) is 18.9 Å². The normalized spacial score (nSPS) is 18.2. The van der Waals surface area contributed by atoms with E-state index in [1.807, 2.05) is 24.3 Å². The fourth-order valence-corrected chi connectivity index (χ4v) is 2.94. The number of hydrogen-bond donors (Lipinski definition) is 1. The SMILES string of the molecule is CNC(c1ccc(C)c(F)c1F)C1COc2ccccc21. The van der Waals surface area contributed by atoms with Crippen molar-refractivity contribution in [3.63, 3.8) is 0 Å². The Balaban J connectivity index is 2.03. The Kier molecular flexibility index (Phi) is 3.64. The van der Waals surface area contributed by atoms with Crippen LogP contribution in [-0.4, -0.2) is 13.7 Å². The summed E-state index contributed by atoms with van der Waals surface area (Å²) in [6.45, 7) is 2.02. The number of para-hydroxylation sites is 1. The van der Waals surface area contributed by atoms with Gasteiger partial charge in [0.2, 0.25) is 0 Å². The third kappa shape index (κ3) is 2.29. The predicted octanol–water partition coefficient (Wildman–Crippen LogP) is 3.71. The zero-order valence-electron chi connectivity index (χ0n) is 12.0. The molecule has 0 aliphatic carbocycles. The van der Waals surface area contributed by atoms with E-state index < -0.39 is 11.6 Å². The van der Waals surface area contributed by atoms with Gasteiger partial charge in [-0.05, 0) is 25.6 Å². The number of nitrogens with one attached hydrogen (secondary N) is 1. The van der Waals surface area contributed by atoms with Crippen LogP contribution < -0.4 is 10.1 Å². The van der Waals surface area contributed by atoms with Gasteiger partial charge >= 0.3 is 0 Å². The predicted molar refractivity (Wildman–Crippen MR) is 77.6 cm³/mol. The first kappa shape index (κ1) is 14.0. The van der Waals surface area contributed by atoms with Crippen molar-refractivity contribution >= 4 is 0 Å². The van der Waals surface area contributed by atoms with E-state index in [2.05, 4.69) is 5.32 Å². The highest BCUT2D eigenvalue weighted by Gasteiger charge is 2.33. The van der Waals surface area contributed by atoms with Crippen LogP contribution in [0.5, 0.6) is 5.75 Å². The molecule has 2 aromatic carbocycles. The summed E-state index contributed by atoms with van der Waals surface area (Å²) in [6, 6.07) is 10.6. The van der Waals surface area contributed by atoms with Crippen LogP contribution >= 0.6 is 0 Å². The second-order valence-corrected chi connectivity index (χ2v) is 5.32. The molecule has 2 aromatic rings. The summed E-state index contributed by atoms with van der Waals surface area (Å²) in [5, 5.41) is 3.10.